The van der Waals surface area contributed by atoms with Gasteiger partial charge in [-0.05, 0) is 24.3 Å². The molecule has 130 valence electrons. The number of nitrogens with two attached hydrogens (primary N) is 1. The molecule has 0 saturated heterocycles. The molecule has 26 heavy (non-hydrogen) atoms. The van der Waals surface area contributed by atoms with Crippen LogP contribution in [0.3, 0.4) is 0 Å². The van der Waals surface area contributed by atoms with Crippen molar-refractivity contribution in [3.8, 4) is 0 Å². The van der Waals surface area contributed by atoms with Crippen molar-refractivity contribution in [1.82, 2.24) is 19.9 Å². The van der Waals surface area contributed by atoms with Crippen LogP contribution in [0.25, 0.3) is 11.2 Å². The number of rotatable bonds is 2. The smallest absolute Gasteiger partial charge is 0.323 e. The number of imidazole rings is 1. The zero-order valence-corrected chi connectivity index (χ0v) is 13.8. The average molecular weight is 347 g/mol. The standard InChI is InChI=1S/C13H12N2O.C5H5N5/c16-13(14-11-7-3-1-4-8-11)15-12-9-5-2-6-10-12;6-4-3-5(9-1-7-3)10-2-8-4/h1-10H,(H2,14,15,16);1-2H,(H3,6,7,8,9,10). The first-order valence-corrected chi connectivity index (χ1v) is 7.80. The molecule has 0 atom stereocenters. The monoisotopic (exact) mass is 347 g/mol. The molecule has 0 aliphatic heterocycles. The molecule has 0 aliphatic carbocycles. The predicted octanol–water partition coefficient (Wildman–Crippen LogP) is 3.27. The van der Waals surface area contributed by atoms with E-state index in [-0.39, 0.29) is 6.03 Å². The van der Waals surface area contributed by atoms with Crippen LogP contribution in [0.4, 0.5) is 22.0 Å². The normalized spacial score (nSPS) is 9.85. The Labute approximate surface area is 149 Å². The number of anilines is 3. The Balaban J connectivity index is 0.000000167. The van der Waals surface area contributed by atoms with Crippen LogP contribution in [-0.4, -0.2) is 26.0 Å². The molecule has 2 aromatic carbocycles. The van der Waals surface area contributed by atoms with E-state index in [0.717, 1.165) is 11.4 Å². The van der Waals surface area contributed by atoms with Gasteiger partial charge < -0.3 is 21.4 Å². The number of carbonyl (C=O) groups excluding carboxylic acids is 1. The summed E-state index contributed by atoms with van der Waals surface area (Å²) in [4.78, 5) is 25.9. The SMILES string of the molecule is Nc1ncnc2nc[nH]c12.O=C(Nc1ccccc1)Nc1ccccc1. The maximum Gasteiger partial charge on any atom is 0.323 e. The van der Waals surface area contributed by atoms with Crippen LogP contribution in [0.5, 0.6) is 0 Å². The summed E-state index contributed by atoms with van der Waals surface area (Å²) < 4.78 is 0. The van der Waals surface area contributed by atoms with E-state index in [4.69, 9.17) is 5.73 Å². The molecule has 0 unspecified atom stereocenters. The minimum atomic E-state index is -0.239. The van der Waals surface area contributed by atoms with Crippen LogP contribution in [0.2, 0.25) is 0 Å². The van der Waals surface area contributed by atoms with E-state index in [1.165, 1.54) is 12.7 Å². The number of hydrogen-bond donors (Lipinski definition) is 4. The molecule has 2 aromatic heterocycles. The summed E-state index contributed by atoms with van der Waals surface area (Å²) >= 11 is 0. The van der Waals surface area contributed by atoms with Crippen molar-refractivity contribution in [1.29, 1.82) is 0 Å². The summed E-state index contributed by atoms with van der Waals surface area (Å²) in [6.45, 7) is 0. The van der Waals surface area contributed by atoms with Crippen LogP contribution in [0.15, 0.2) is 73.3 Å². The number of H-pyrrole nitrogens is 1. The van der Waals surface area contributed by atoms with E-state index in [1.54, 1.807) is 0 Å². The third-order valence-corrected chi connectivity index (χ3v) is 3.32. The molecule has 4 aromatic rings. The van der Waals surface area contributed by atoms with Crippen LogP contribution in [0, 0.1) is 0 Å². The minimum Gasteiger partial charge on any atom is -0.382 e. The van der Waals surface area contributed by atoms with Crippen molar-refractivity contribution in [2.45, 2.75) is 0 Å². The Kier molecular flexibility index (Phi) is 5.36. The molecule has 8 nitrogen and oxygen atoms in total. The molecule has 0 saturated carbocycles. The van der Waals surface area contributed by atoms with Crippen molar-refractivity contribution in [3.63, 3.8) is 0 Å². The van der Waals surface area contributed by atoms with Gasteiger partial charge in [-0.25, -0.2) is 19.7 Å². The van der Waals surface area contributed by atoms with Crippen LogP contribution >= 0.6 is 0 Å². The molecule has 4 rings (SSSR count). The fourth-order valence-electron chi connectivity index (χ4n) is 2.12. The van der Waals surface area contributed by atoms with E-state index in [0.29, 0.717) is 17.0 Å². The highest BCUT2D eigenvalue weighted by atomic mass is 16.2. The number of aromatic nitrogens is 4. The maximum atomic E-state index is 11.6. The lowest BCUT2D eigenvalue weighted by atomic mass is 10.3. The molecule has 0 radical (unpaired) electrons. The third-order valence-electron chi connectivity index (χ3n) is 3.32. The number of aromatic amines is 1. The molecule has 0 fully saturated rings. The average Bonchev–Trinajstić information content (AvgIpc) is 3.14. The van der Waals surface area contributed by atoms with Gasteiger partial charge in [0.15, 0.2) is 11.5 Å². The molecule has 0 bridgehead atoms. The fourth-order valence-corrected chi connectivity index (χ4v) is 2.12. The second-order valence-corrected chi connectivity index (χ2v) is 5.17. The van der Waals surface area contributed by atoms with E-state index in [1.807, 2.05) is 60.7 Å². The number of fused-ring (bicyclic) bond motifs is 1. The summed E-state index contributed by atoms with van der Waals surface area (Å²) in [5.41, 5.74) is 8.33. The van der Waals surface area contributed by atoms with Crippen molar-refractivity contribution in [2.24, 2.45) is 0 Å². The minimum absolute atomic E-state index is 0.239. The summed E-state index contributed by atoms with van der Waals surface area (Å²) in [5.74, 6) is 0.433. The summed E-state index contributed by atoms with van der Waals surface area (Å²) in [5, 5.41) is 5.48. The van der Waals surface area contributed by atoms with E-state index in [2.05, 4.69) is 30.6 Å². The summed E-state index contributed by atoms with van der Waals surface area (Å²) in [7, 11) is 0. The van der Waals surface area contributed by atoms with Gasteiger partial charge in [-0.1, -0.05) is 36.4 Å². The first-order chi connectivity index (χ1) is 12.7. The van der Waals surface area contributed by atoms with Crippen molar-refractivity contribution >= 4 is 34.4 Å². The lowest BCUT2D eigenvalue weighted by Crippen LogP contribution is -2.19. The summed E-state index contributed by atoms with van der Waals surface area (Å²) in [6.07, 6.45) is 2.92. The van der Waals surface area contributed by atoms with Crippen LogP contribution < -0.4 is 16.4 Å². The second kappa shape index (κ2) is 8.25. The van der Waals surface area contributed by atoms with Gasteiger partial charge in [0.05, 0.1) is 6.33 Å². The molecular weight excluding hydrogens is 330 g/mol. The number of carbonyl (C=O) groups is 1. The highest BCUT2D eigenvalue weighted by molar-refractivity contribution is 5.99. The Bertz CT molecular complexity index is 927. The van der Waals surface area contributed by atoms with Crippen molar-refractivity contribution in [2.75, 3.05) is 16.4 Å². The molecule has 0 aliphatic rings. The number of nitrogens with zero attached hydrogens (tertiary/aromatic N) is 3. The Morgan fingerprint density at radius 3 is 1.96 bits per heavy atom. The number of nitrogen functional groups attached to an aromatic ring is 1. The lowest BCUT2D eigenvalue weighted by molar-refractivity contribution is 0.262. The number of hydrogen-bond acceptors (Lipinski definition) is 5. The van der Waals surface area contributed by atoms with Gasteiger partial charge in [0.1, 0.15) is 11.8 Å². The van der Waals surface area contributed by atoms with Crippen LogP contribution in [-0.2, 0) is 0 Å². The Morgan fingerprint density at radius 2 is 1.42 bits per heavy atom. The largest absolute Gasteiger partial charge is 0.382 e. The van der Waals surface area contributed by atoms with Gasteiger partial charge in [-0.15, -0.1) is 0 Å². The number of amides is 2. The van der Waals surface area contributed by atoms with E-state index in [9.17, 15) is 4.79 Å². The van der Waals surface area contributed by atoms with Crippen LogP contribution in [0.1, 0.15) is 0 Å². The number of benzene rings is 2. The van der Waals surface area contributed by atoms with E-state index < -0.39 is 0 Å². The van der Waals surface area contributed by atoms with E-state index >= 15 is 0 Å². The Morgan fingerprint density at radius 1 is 0.846 bits per heavy atom. The number of para-hydroxylation sites is 2. The summed E-state index contributed by atoms with van der Waals surface area (Å²) in [6, 6.07) is 18.4. The maximum absolute atomic E-state index is 11.6. The van der Waals surface area contributed by atoms with Gasteiger partial charge in [0.25, 0.3) is 0 Å². The second-order valence-electron chi connectivity index (χ2n) is 5.17. The first kappa shape index (κ1) is 16.9. The molecule has 5 N–H and O–H groups in total. The van der Waals surface area contributed by atoms with Gasteiger partial charge in [-0.2, -0.15) is 0 Å². The first-order valence-electron chi connectivity index (χ1n) is 7.80. The topological polar surface area (TPSA) is 122 Å². The highest BCUT2D eigenvalue weighted by Crippen LogP contribution is 2.09. The lowest BCUT2D eigenvalue weighted by Gasteiger charge is -2.06. The zero-order valence-electron chi connectivity index (χ0n) is 13.8. The molecule has 2 amide bonds. The quantitative estimate of drug-likeness (QED) is 0.443. The highest BCUT2D eigenvalue weighted by Gasteiger charge is 2.01. The molecular formula is C18H17N7O. The number of urea groups is 1. The van der Waals surface area contributed by atoms with Crippen molar-refractivity contribution in [3.05, 3.63) is 73.3 Å². The van der Waals surface area contributed by atoms with Crippen molar-refractivity contribution < 1.29 is 4.79 Å². The van der Waals surface area contributed by atoms with Gasteiger partial charge in [0.2, 0.25) is 0 Å². The molecule has 0 spiro atoms. The predicted molar refractivity (Wildman–Crippen MR) is 102 cm³/mol. The van der Waals surface area contributed by atoms with Gasteiger partial charge >= 0.3 is 6.03 Å². The fraction of sp³-hybridized carbons (Fsp3) is 0. The number of nitrogens with one attached hydrogen (secondary N) is 3. The molecule has 8 heteroatoms. The van der Waals surface area contributed by atoms with Gasteiger partial charge in [0, 0.05) is 11.4 Å². The van der Waals surface area contributed by atoms with Gasteiger partial charge in [-0.3, -0.25) is 0 Å². The molecule has 2 heterocycles. The third kappa shape index (κ3) is 4.54. The zero-order chi connectivity index (χ0) is 18.2. The Hall–Kier alpha value is -3.94.